The van der Waals surface area contributed by atoms with Gasteiger partial charge in [0.2, 0.25) is 23.5 Å². The molecule has 1 saturated heterocycles. The zero-order valence-electron chi connectivity index (χ0n) is 26.4. The van der Waals surface area contributed by atoms with Crippen molar-refractivity contribution in [3.63, 3.8) is 0 Å². The maximum absolute atomic E-state index is 14.3. The largest absolute Gasteiger partial charge is 0.388 e. The Morgan fingerprint density at radius 1 is 1.11 bits per heavy atom. The van der Waals surface area contributed by atoms with Gasteiger partial charge < -0.3 is 31.2 Å². The predicted octanol–water partition coefficient (Wildman–Crippen LogP) is 2.37. The summed E-state index contributed by atoms with van der Waals surface area (Å²) in [6.07, 6.45) is 7.65. The van der Waals surface area contributed by atoms with Crippen molar-refractivity contribution in [2.24, 2.45) is 22.7 Å². The number of rotatable bonds is 12. The van der Waals surface area contributed by atoms with Crippen molar-refractivity contribution >= 4 is 46.7 Å². The number of benzene rings is 1. The fourth-order valence-electron chi connectivity index (χ4n) is 6.89. The van der Waals surface area contributed by atoms with E-state index in [-0.39, 0.29) is 50.0 Å². The molecule has 5 N–H and O–H groups in total. The predicted molar refractivity (Wildman–Crippen MR) is 169 cm³/mol. The average molecular weight is 658 g/mol. The van der Waals surface area contributed by atoms with Crippen molar-refractivity contribution in [2.75, 3.05) is 6.54 Å². The topological polar surface area (TPSA) is 180 Å². The number of halogens is 1. The van der Waals surface area contributed by atoms with Crippen LogP contribution in [0.2, 0.25) is 5.02 Å². The summed E-state index contributed by atoms with van der Waals surface area (Å²) < 4.78 is 0. The number of nitrogens with one attached hydrogen (secondary N) is 2. The first kappa shape index (κ1) is 33.8. The number of nitrogens with zero attached hydrogens (tertiary/aromatic N) is 2. The summed E-state index contributed by atoms with van der Waals surface area (Å²) in [5, 5.41) is 21.4. The molecule has 0 unspecified atom stereocenters. The Morgan fingerprint density at radius 2 is 1.83 bits per heavy atom. The van der Waals surface area contributed by atoms with E-state index < -0.39 is 52.8 Å². The number of hydrogen-bond acceptors (Lipinski definition) is 8. The molecule has 0 radical (unpaired) electrons. The minimum Gasteiger partial charge on any atom is -0.388 e. The van der Waals surface area contributed by atoms with Crippen LogP contribution in [0.5, 0.6) is 0 Å². The van der Waals surface area contributed by atoms with E-state index in [0.29, 0.717) is 10.7 Å². The molecule has 250 valence electrons. The zero-order valence-corrected chi connectivity index (χ0v) is 27.2. The van der Waals surface area contributed by atoms with E-state index >= 15 is 0 Å². The molecule has 46 heavy (non-hydrogen) atoms. The molecule has 2 aliphatic carbocycles. The van der Waals surface area contributed by atoms with Gasteiger partial charge in [0.25, 0.3) is 5.91 Å². The molecule has 12 nitrogen and oxygen atoms in total. The highest BCUT2D eigenvalue weighted by molar-refractivity contribution is 6.37. The van der Waals surface area contributed by atoms with E-state index in [1.807, 2.05) is 6.07 Å². The van der Waals surface area contributed by atoms with Gasteiger partial charge in [-0.3, -0.25) is 24.0 Å². The molecule has 2 aliphatic heterocycles. The Bertz CT molecular complexity index is 1400. The first-order valence-electron chi connectivity index (χ1n) is 16.2. The third kappa shape index (κ3) is 8.06. The number of oxime groups is 1. The van der Waals surface area contributed by atoms with Gasteiger partial charge in [-0.15, -0.1) is 0 Å². The van der Waals surface area contributed by atoms with E-state index in [1.54, 1.807) is 18.2 Å². The van der Waals surface area contributed by atoms with Crippen LogP contribution in [0.15, 0.2) is 29.4 Å². The van der Waals surface area contributed by atoms with Crippen molar-refractivity contribution in [3.05, 3.63) is 34.9 Å². The molecule has 0 bridgehead atoms. The van der Waals surface area contributed by atoms with Crippen molar-refractivity contribution < 1.29 is 33.9 Å². The molecular weight excluding hydrogens is 614 g/mol. The smallest absolute Gasteiger partial charge is 0.287 e. The first-order valence-corrected chi connectivity index (χ1v) is 16.6. The molecule has 3 fully saturated rings. The summed E-state index contributed by atoms with van der Waals surface area (Å²) in [5.41, 5.74) is 3.85. The second-order valence-electron chi connectivity index (χ2n) is 14.0. The van der Waals surface area contributed by atoms with Crippen molar-refractivity contribution in [2.45, 2.75) is 114 Å². The Labute approximate surface area is 273 Å². The fraction of sp³-hybridized carbons (Fsp3) is 0.636. The Kier molecular flexibility index (Phi) is 10.1. The standard InChI is InChI=1S/C33H44ClN5O7/c1-32(2,45)28(37-26(40)14-19-7-4-3-5-8-19)31(44)39-18-33(16-24(38-46-33)21-9-6-10-22(34)15-21)17-25(39)30(43)36-23(13-20-11-12-20)27(41)29(35)42/h6,9-10,15,19-20,23,25,28,45H,3-5,7-8,11-14,16-18H2,1-2H3,(H2,35,42)(H,36,43)(H,37,40)/t23-,25-,28+,33+/m0/s1. The lowest BCUT2D eigenvalue weighted by Gasteiger charge is -2.35. The highest BCUT2D eigenvalue weighted by atomic mass is 35.5. The van der Waals surface area contributed by atoms with Crippen LogP contribution in [0.25, 0.3) is 0 Å². The second-order valence-corrected chi connectivity index (χ2v) is 14.5. The van der Waals surface area contributed by atoms with Gasteiger partial charge in [0.05, 0.1) is 23.9 Å². The highest BCUT2D eigenvalue weighted by Gasteiger charge is 2.56. The molecule has 0 aromatic heterocycles. The molecule has 4 amide bonds. The summed E-state index contributed by atoms with van der Waals surface area (Å²) in [7, 11) is 0. The molecule has 13 heteroatoms. The number of amides is 4. The van der Waals surface area contributed by atoms with E-state index in [0.717, 1.165) is 50.5 Å². The van der Waals surface area contributed by atoms with Crippen molar-refractivity contribution in [1.82, 2.24) is 15.5 Å². The molecular formula is C33H44ClN5O7. The maximum atomic E-state index is 14.3. The van der Waals surface area contributed by atoms with Gasteiger partial charge in [-0.05, 0) is 57.1 Å². The minimum absolute atomic E-state index is 0.0215. The first-order chi connectivity index (χ1) is 21.7. The molecule has 2 heterocycles. The highest BCUT2D eigenvalue weighted by Crippen LogP contribution is 2.40. The van der Waals surface area contributed by atoms with Gasteiger partial charge in [-0.25, -0.2) is 0 Å². The molecule has 1 aromatic carbocycles. The Balaban J connectivity index is 1.39. The summed E-state index contributed by atoms with van der Waals surface area (Å²) in [6, 6.07) is 3.45. The molecule has 2 saturated carbocycles. The lowest BCUT2D eigenvalue weighted by atomic mass is 9.86. The molecule has 5 rings (SSSR count). The number of carbonyl (C=O) groups excluding carboxylic acids is 5. The van der Waals surface area contributed by atoms with Gasteiger partial charge in [-0.1, -0.05) is 61.0 Å². The Hall–Kier alpha value is -3.51. The number of carbonyl (C=O) groups is 5. The van der Waals surface area contributed by atoms with Gasteiger partial charge in [-0.2, -0.15) is 0 Å². The van der Waals surface area contributed by atoms with Crippen LogP contribution in [-0.4, -0.2) is 81.0 Å². The number of primary amides is 1. The van der Waals surface area contributed by atoms with E-state index in [1.165, 1.54) is 18.7 Å². The fourth-order valence-corrected chi connectivity index (χ4v) is 7.08. The van der Waals surface area contributed by atoms with Gasteiger partial charge in [0.15, 0.2) is 5.60 Å². The zero-order chi connectivity index (χ0) is 33.2. The quantitative estimate of drug-likeness (QED) is 0.249. The van der Waals surface area contributed by atoms with Crippen LogP contribution < -0.4 is 16.4 Å². The molecule has 1 spiro atoms. The molecule has 1 aromatic rings. The summed E-state index contributed by atoms with van der Waals surface area (Å²) in [5.74, 6) is -3.33. The van der Waals surface area contributed by atoms with Gasteiger partial charge in [0, 0.05) is 29.8 Å². The van der Waals surface area contributed by atoms with Crippen LogP contribution in [0, 0.1) is 11.8 Å². The normalized spacial score (nSPS) is 24.6. The number of ketones is 1. The van der Waals surface area contributed by atoms with E-state index in [9.17, 15) is 29.1 Å². The van der Waals surface area contributed by atoms with E-state index in [4.69, 9.17) is 22.2 Å². The van der Waals surface area contributed by atoms with Crippen LogP contribution in [0.4, 0.5) is 0 Å². The van der Waals surface area contributed by atoms with Gasteiger partial charge in [0.1, 0.15) is 12.1 Å². The number of nitrogens with two attached hydrogens (primary N) is 1. The summed E-state index contributed by atoms with van der Waals surface area (Å²) in [4.78, 5) is 73.1. The number of likely N-dealkylation sites (tertiary alicyclic amines) is 1. The SMILES string of the molecule is CC(C)(O)[C@H](NC(=O)CC1CCCCC1)C(=O)N1C[C@@]2(CC(c3cccc(Cl)c3)=NO2)C[C@H]1C(=O)N[C@@H](CC1CC1)C(=O)C(N)=O. The lowest BCUT2D eigenvalue weighted by molar-refractivity contribution is -0.148. The van der Waals surface area contributed by atoms with Crippen molar-refractivity contribution in [1.29, 1.82) is 0 Å². The molecule has 4 atom stereocenters. The average Bonchev–Trinajstić information content (AvgIpc) is 3.60. The van der Waals surface area contributed by atoms with Crippen LogP contribution >= 0.6 is 11.6 Å². The van der Waals surface area contributed by atoms with E-state index in [2.05, 4.69) is 15.8 Å². The number of Topliss-reactive ketones (excluding diaryl/α,β-unsaturated/α-hetero) is 1. The number of hydrogen-bond donors (Lipinski definition) is 4. The third-order valence-corrected chi connectivity index (χ3v) is 9.82. The lowest BCUT2D eigenvalue weighted by Crippen LogP contribution is -2.61. The third-order valence-electron chi connectivity index (χ3n) is 9.58. The Morgan fingerprint density at radius 3 is 2.46 bits per heavy atom. The van der Waals surface area contributed by atoms with Crippen LogP contribution in [0.3, 0.4) is 0 Å². The monoisotopic (exact) mass is 657 g/mol. The van der Waals surface area contributed by atoms with Crippen LogP contribution in [-0.2, 0) is 28.8 Å². The van der Waals surface area contributed by atoms with Gasteiger partial charge >= 0.3 is 0 Å². The number of aliphatic hydroxyl groups is 1. The summed E-state index contributed by atoms with van der Waals surface area (Å²) >= 11 is 6.20. The minimum atomic E-state index is -1.68. The second kappa shape index (κ2) is 13.7. The van der Waals surface area contributed by atoms with Crippen molar-refractivity contribution in [3.8, 4) is 0 Å². The maximum Gasteiger partial charge on any atom is 0.287 e. The summed E-state index contributed by atoms with van der Waals surface area (Å²) in [6.45, 7) is 2.79. The van der Waals surface area contributed by atoms with Crippen LogP contribution in [0.1, 0.15) is 90.0 Å². The molecule has 4 aliphatic rings.